The minimum atomic E-state index is -3.38. The van der Waals surface area contributed by atoms with Gasteiger partial charge in [0.1, 0.15) is 0 Å². The Morgan fingerprint density at radius 3 is 2.33 bits per heavy atom. The molecule has 0 bridgehead atoms. The highest BCUT2D eigenvalue weighted by atomic mass is 31.1. The second-order valence-electron chi connectivity index (χ2n) is 1.66. The van der Waals surface area contributed by atoms with Crippen LogP contribution in [0, 0.1) is 0 Å². The van der Waals surface area contributed by atoms with Crippen LogP contribution in [-0.2, 0) is 14.2 Å². The predicted octanol–water partition coefficient (Wildman–Crippen LogP) is -1.54. The molecule has 0 saturated heterocycles. The number of carboxylic acid groups (broad SMARTS) is 1. The second kappa shape index (κ2) is 4.70. The van der Waals surface area contributed by atoms with E-state index in [4.69, 9.17) is 10.00 Å². The van der Waals surface area contributed by atoms with Crippen LogP contribution in [0.2, 0.25) is 0 Å². The second-order valence-corrected chi connectivity index (χ2v) is 2.91. The maximum absolute atomic E-state index is 10.5. The lowest BCUT2D eigenvalue weighted by molar-refractivity contribution is -0.144. The topological polar surface area (TPSA) is 139 Å². The number of amides is 1. The van der Waals surface area contributed by atoms with E-state index in [-0.39, 0.29) is 0 Å². The van der Waals surface area contributed by atoms with Gasteiger partial charge in [-0.25, -0.2) is 9.59 Å². The molecule has 8 nitrogen and oxygen atoms in total. The van der Waals surface area contributed by atoms with Crippen LogP contribution in [0.3, 0.4) is 0 Å². The minimum absolute atomic E-state index is 1.30. The van der Waals surface area contributed by atoms with E-state index in [0.717, 1.165) is 0 Å². The van der Waals surface area contributed by atoms with E-state index >= 15 is 0 Å². The maximum Gasteiger partial charge on any atom is 0.405 e. The van der Waals surface area contributed by atoms with E-state index in [1.54, 1.807) is 0 Å². The largest absolute Gasteiger partial charge is 0.465 e. The molecule has 0 aromatic carbocycles. The van der Waals surface area contributed by atoms with Crippen molar-refractivity contribution in [2.75, 3.05) is 0 Å². The Balaban J connectivity index is 4.33. The van der Waals surface area contributed by atoms with E-state index in [0.29, 0.717) is 0 Å². The zero-order chi connectivity index (χ0) is 9.72. The van der Waals surface area contributed by atoms with Gasteiger partial charge in [-0.15, -0.1) is 0 Å². The van der Waals surface area contributed by atoms with Crippen LogP contribution < -0.4 is 11.2 Å². The standard InChI is InChI=1S/C3H7N2O6P/c4-11-2(6)1(12(9)10)5-3(7)8/h1,5,12H,4H2,(H,7,8)(H,9,10). The summed E-state index contributed by atoms with van der Waals surface area (Å²) in [7, 11) is -3.38. The first kappa shape index (κ1) is 10.9. The molecule has 9 heteroatoms. The molecule has 0 rings (SSSR count). The summed E-state index contributed by atoms with van der Waals surface area (Å²) in [6.45, 7) is 0. The molecule has 0 fully saturated rings. The highest BCUT2D eigenvalue weighted by Crippen LogP contribution is 2.20. The predicted molar refractivity (Wildman–Crippen MR) is 36.4 cm³/mol. The lowest BCUT2D eigenvalue weighted by Gasteiger charge is -2.09. The minimum Gasteiger partial charge on any atom is -0.465 e. The van der Waals surface area contributed by atoms with Crippen molar-refractivity contribution in [1.82, 2.24) is 5.32 Å². The van der Waals surface area contributed by atoms with Crippen LogP contribution in [0.4, 0.5) is 4.79 Å². The van der Waals surface area contributed by atoms with Crippen molar-refractivity contribution in [1.29, 1.82) is 0 Å². The first-order chi connectivity index (χ1) is 5.49. The summed E-state index contributed by atoms with van der Waals surface area (Å²) in [6, 6.07) is 0. The van der Waals surface area contributed by atoms with Crippen LogP contribution in [-0.4, -0.2) is 27.8 Å². The molecule has 0 heterocycles. The highest BCUT2D eigenvalue weighted by Gasteiger charge is 2.26. The van der Waals surface area contributed by atoms with Crippen LogP contribution in [0.25, 0.3) is 0 Å². The summed E-state index contributed by atoms with van der Waals surface area (Å²) in [5, 5.41) is 9.56. The van der Waals surface area contributed by atoms with Crippen molar-refractivity contribution in [2.45, 2.75) is 5.78 Å². The molecule has 0 aliphatic rings. The molecule has 70 valence electrons. The number of hydrogen-bond acceptors (Lipinski definition) is 5. The average Bonchev–Trinajstić information content (AvgIpc) is 1.98. The molecule has 0 aliphatic carbocycles. The molecule has 0 aromatic heterocycles. The summed E-state index contributed by atoms with van der Waals surface area (Å²) in [6.07, 6.45) is -1.61. The van der Waals surface area contributed by atoms with Crippen molar-refractivity contribution in [3.05, 3.63) is 0 Å². The van der Waals surface area contributed by atoms with Gasteiger partial charge in [0.25, 0.3) is 0 Å². The Labute approximate surface area is 67.1 Å². The quantitative estimate of drug-likeness (QED) is 0.318. The molecule has 2 atom stereocenters. The molecule has 0 aliphatic heterocycles. The summed E-state index contributed by atoms with van der Waals surface area (Å²) < 4.78 is 10.3. The Kier molecular flexibility index (Phi) is 4.27. The fourth-order valence-electron chi connectivity index (χ4n) is 0.413. The molecule has 0 spiro atoms. The molecular weight excluding hydrogens is 191 g/mol. The van der Waals surface area contributed by atoms with E-state index < -0.39 is 25.9 Å². The van der Waals surface area contributed by atoms with Gasteiger partial charge in [-0.2, -0.15) is 5.90 Å². The molecule has 1 amide bonds. The monoisotopic (exact) mass is 198 g/mol. The molecular formula is C3H7N2O6P. The third kappa shape index (κ3) is 3.33. The fraction of sp³-hybridized carbons (Fsp3) is 0.333. The molecule has 0 aromatic rings. The van der Waals surface area contributed by atoms with Gasteiger partial charge in [-0.3, -0.25) is 9.88 Å². The van der Waals surface area contributed by atoms with Gasteiger partial charge in [0, 0.05) is 0 Å². The number of carbonyl (C=O) groups is 2. The number of carbonyl (C=O) groups excluding carboxylic acids is 1. The SMILES string of the molecule is NOC(=O)C(NC(=O)O)[PH](=O)O. The van der Waals surface area contributed by atoms with Gasteiger partial charge in [0.05, 0.1) is 0 Å². The Morgan fingerprint density at radius 2 is 2.08 bits per heavy atom. The van der Waals surface area contributed by atoms with Crippen molar-refractivity contribution in [3.8, 4) is 0 Å². The van der Waals surface area contributed by atoms with E-state index in [1.165, 1.54) is 5.32 Å². The van der Waals surface area contributed by atoms with E-state index in [1.807, 2.05) is 0 Å². The normalized spacial score (nSPS) is 14.5. The zero-order valence-electron chi connectivity index (χ0n) is 5.68. The number of rotatable bonds is 3. The summed E-state index contributed by atoms with van der Waals surface area (Å²) in [4.78, 5) is 32.4. The van der Waals surface area contributed by atoms with Crippen molar-refractivity contribution < 1.29 is 29.0 Å². The Morgan fingerprint density at radius 1 is 1.58 bits per heavy atom. The van der Waals surface area contributed by atoms with Crippen LogP contribution in [0.5, 0.6) is 0 Å². The van der Waals surface area contributed by atoms with Gasteiger partial charge in [0.15, 0.2) is 0 Å². The molecule has 12 heavy (non-hydrogen) atoms. The highest BCUT2D eigenvalue weighted by molar-refractivity contribution is 7.40. The molecule has 0 saturated carbocycles. The number of nitrogens with two attached hydrogens (primary N) is 1. The summed E-state index contributed by atoms with van der Waals surface area (Å²) >= 11 is 0. The first-order valence-electron chi connectivity index (χ1n) is 2.62. The van der Waals surface area contributed by atoms with Gasteiger partial charge >= 0.3 is 12.1 Å². The average molecular weight is 198 g/mol. The Hall–Kier alpha value is -1.11. The lowest BCUT2D eigenvalue weighted by atomic mass is 10.6. The van der Waals surface area contributed by atoms with E-state index in [2.05, 4.69) is 10.7 Å². The molecule has 5 N–H and O–H groups in total. The maximum atomic E-state index is 10.5. The smallest absolute Gasteiger partial charge is 0.405 e. The first-order valence-corrected chi connectivity index (χ1v) is 4.05. The third-order valence-electron chi connectivity index (χ3n) is 0.867. The van der Waals surface area contributed by atoms with Crippen molar-refractivity contribution in [3.63, 3.8) is 0 Å². The van der Waals surface area contributed by atoms with Crippen molar-refractivity contribution in [2.24, 2.45) is 5.90 Å². The third-order valence-corrected chi connectivity index (χ3v) is 1.74. The van der Waals surface area contributed by atoms with Crippen molar-refractivity contribution >= 4 is 20.1 Å². The molecule has 2 unspecified atom stereocenters. The summed E-state index contributed by atoms with van der Waals surface area (Å²) in [5.74, 6) is 1.26. The van der Waals surface area contributed by atoms with Crippen LogP contribution in [0.1, 0.15) is 0 Å². The molecule has 0 radical (unpaired) electrons. The lowest BCUT2D eigenvalue weighted by Crippen LogP contribution is -2.39. The van der Waals surface area contributed by atoms with Gasteiger partial charge in [0.2, 0.25) is 13.8 Å². The number of hydrogen-bond donors (Lipinski definition) is 4. The fourth-order valence-corrected chi connectivity index (χ4v) is 0.930. The van der Waals surface area contributed by atoms with Gasteiger partial charge in [-0.05, 0) is 0 Å². The van der Waals surface area contributed by atoms with Gasteiger partial charge in [-0.1, -0.05) is 0 Å². The zero-order valence-corrected chi connectivity index (χ0v) is 6.68. The van der Waals surface area contributed by atoms with Crippen LogP contribution in [0.15, 0.2) is 0 Å². The summed E-state index contributed by atoms with van der Waals surface area (Å²) in [5.41, 5.74) is 0. The van der Waals surface area contributed by atoms with Crippen LogP contribution >= 0.6 is 8.03 Å². The number of nitrogens with one attached hydrogen (secondary N) is 1. The Bertz CT molecular complexity index is 217. The van der Waals surface area contributed by atoms with E-state index in [9.17, 15) is 14.2 Å². The van der Waals surface area contributed by atoms with Gasteiger partial charge < -0.3 is 14.8 Å².